The van der Waals surface area contributed by atoms with Crippen molar-refractivity contribution in [2.24, 2.45) is 0 Å². The van der Waals surface area contributed by atoms with Crippen molar-refractivity contribution in [2.75, 3.05) is 18.8 Å². The Bertz CT molecular complexity index is 455. The van der Waals surface area contributed by atoms with E-state index in [1.807, 2.05) is 0 Å². The van der Waals surface area contributed by atoms with Gasteiger partial charge in [0.1, 0.15) is 5.75 Å². The van der Waals surface area contributed by atoms with Gasteiger partial charge in [0.05, 0.1) is 6.54 Å². The number of likely N-dealkylation sites (tertiary alicyclic amines) is 1. The van der Waals surface area contributed by atoms with Gasteiger partial charge in [0.2, 0.25) is 10.9 Å². The summed E-state index contributed by atoms with van der Waals surface area (Å²) in [7, 11) is 0. The maximum Gasteiger partial charge on any atom is 0.324 e. The standard InChI is InChI=1S/C12H15N3O3S/c16-11-5-3-8-15(11)12(17)14-7-9-19(18)10-4-1-2-6-13-10/h1-2,4,6H,3,5,7-9H2,(H,14,17). The average molecular weight is 281 g/mol. The monoisotopic (exact) mass is 281 g/mol. The van der Waals surface area contributed by atoms with Crippen LogP contribution in [0.1, 0.15) is 12.8 Å². The van der Waals surface area contributed by atoms with Crippen molar-refractivity contribution < 1.29 is 14.1 Å². The van der Waals surface area contributed by atoms with Gasteiger partial charge >= 0.3 is 6.03 Å². The van der Waals surface area contributed by atoms with Gasteiger partial charge in [0, 0.05) is 36.4 Å². The van der Waals surface area contributed by atoms with Crippen LogP contribution in [0.4, 0.5) is 4.79 Å². The SMILES string of the molecule is O=C1CCCN1C(=O)NCC[S+]([O-])c1ccccn1. The molecule has 1 atom stereocenters. The van der Waals surface area contributed by atoms with Crippen LogP contribution in [0.15, 0.2) is 29.4 Å². The van der Waals surface area contributed by atoms with E-state index in [0.29, 0.717) is 24.4 Å². The minimum Gasteiger partial charge on any atom is -0.610 e. The highest BCUT2D eigenvalue weighted by Gasteiger charge is 2.26. The number of amides is 3. The van der Waals surface area contributed by atoms with Crippen LogP contribution in [0, 0.1) is 0 Å². The van der Waals surface area contributed by atoms with Gasteiger partial charge in [-0.1, -0.05) is 6.07 Å². The second-order valence-corrected chi connectivity index (χ2v) is 5.62. The van der Waals surface area contributed by atoms with E-state index in [4.69, 9.17) is 0 Å². The number of carbonyl (C=O) groups is 2. The van der Waals surface area contributed by atoms with Crippen LogP contribution in [0.5, 0.6) is 0 Å². The molecule has 0 aromatic carbocycles. The molecular formula is C12H15N3O3S. The van der Waals surface area contributed by atoms with E-state index < -0.39 is 17.2 Å². The lowest BCUT2D eigenvalue weighted by atomic mass is 10.4. The van der Waals surface area contributed by atoms with Gasteiger partial charge in [-0.3, -0.25) is 9.69 Å². The Labute approximate surface area is 114 Å². The van der Waals surface area contributed by atoms with Gasteiger partial charge in [-0.15, -0.1) is 0 Å². The number of urea groups is 1. The van der Waals surface area contributed by atoms with Crippen molar-refractivity contribution >= 4 is 23.1 Å². The number of aromatic nitrogens is 1. The predicted molar refractivity (Wildman–Crippen MR) is 69.9 cm³/mol. The molecule has 1 saturated heterocycles. The summed E-state index contributed by atoms with van der Waals surface area (Å²) in [6, 6.07) is 4.80. The highest BCUT2D eigenvalue weighted by molar-refractivity contribution is 7.91. The number of pyridine rings is 1. The summed E-state index contributed by atoms with van der Waals surface area (Å²) >= 11 is -1.24. The van der Waals surface area contributed by atoms with Gasteiger partial charge in [-0.2, -0.15) is 0 Å². The Morgan fingerprint density at radius 3 is 3.00 bits per heavy atom. The molecule has 0 bridgehead atoms. The van der Waals surface area contributed by atoms with E-state index in [9.17, 15) is 14.1 Å². The smallest absolute Gasteiger partial charge is 0.324 e. The number of hydrogen-bond acceptors (Lipinski definition) is 4. The van der Waals surface area contributed by atoms with Crippen molar-refractivity contribution in [1.82, 2.24) is 15.2 Å². The molecule has 1 aliphatic rings. The van der Waals surface area contributed by atoms with Crippen LogP contribution < -0.4 is 5.32 Å². The van der Waals surface area contributed by atoms with Crippen LogP contribution in [0.2, 0.25) is 0 Å². The molecule has 0 saturated carbocycles. The summed E-state index contributed by atoms with van der Waals surface area (Å²) in [6.07, 6.45) is 2.72. The maximum atomic E-state index is 11.8. The summed E-state index contributed by atoms with van der Waals surface area (Å²) in [5, 5.41) is 3.10. The van der Waals surface area contributed by atoms with Crippen LogP contribution in [-0.2, 0) is 16.0 Å². The van der Waals surface area contributed by atoms with E-state index >= 15 is 0 Å². The first kappa shape index (κ1) is 13.8. The topological polar surface area (TPSA) is 85.4 Å². The number of hydrogen-bond donors (Lipinski definition) is 1. The number of nitrogens with one attached hydrogen (secondary N) is 1. The van der Waals surface area contributed by atoms with E-state index in [1.165, 1.54) is 4.90 Å². The molecule has 0 aliphatic carbocycles. The highest BCUT2D eigenvalue weighted by Crippen LogP contribution is 2.09. The third kappa shape index (κ3) is 3.68. The third-order valence-corrected chi connectivity index (χ3v) is 4.04. The number of imide groups is 1. The minimum absolute atomic E-state index is 0.150. The molecule has 1 aliphatic heterocycles. The van der Waals surface area contributed by atoms with Crippen LogP contribution >= 0.6 is 0 Å². The lowest BCUT2D eigenvalue weighted by molar-refractivity contribution is -0.125. The second-order valence-electron chi connectivity index (χ2n) is 4.10. The number of carbonyl (C=O) groups excluding carboxylic acids is 2. The Balaban J connectivity index is 1.74. The van der Waals surface area contributed by atoms with Crippen LogP contribution in [0.25, 0.3) is 0 Å². The first-order valence-electron chi connectivity index (χ1n) is 6.06. The summed E-state index contributed by atoms with van der Waals surface area (Å²) in [5.41, 5.74) is 0. The quantitative estimate of drug-likeness (QED) is 0.815. The molecule has 1 fully saturated rings. The first-order valence-corrected chi connectivity index (χ1v) is 7.38. The second kappa shape index (κ2) is 6.53. The molecule has 1 aromatic heterocycles. The molecule has 102 valence electrons. The van der Waals surface area contributed by atoms with Crippen molar-refractivity contribution in [1.29, 1.82) is 0 Å². The molecular weight excluding hydrogens is 266 g/mol. The normalized spacial score (nSPS) is 16.5. The Morgan fingerprint density at radius 1 is 1.53 bits per heavy atom. The fraction of sp³-hybridized carbons (Fsp3) is 0.417. The lowest BCUT2D eigenvalue weighted by Crippen LogP contribution is -2.42. The number of rotatable bonds is 4. The van der Waals surface area contributed by atoms with Crippen molar-refractivity contribution in [3.63, 3.8) is 0 Å². The van der Waals surface area contributed by atoms with E-state index in [2.05, 4.69) is 10.3 Å². The van der Waals surface area contributed by atoms with Gasteiger partial charge < -0.3 is 9.87 Å². The van der Waals surface area contributed by atoms with Gasteiger partial charge in [-0.25, -0.2) is 9.78 Å². The molecule has 2 heterocycles. The minimum atomic E-state index is -1.24. The maximum absolute atomic E-state index is 11.8. The molecule has 0 spiro atoms. The summed E-state index contributed by atoms with van der Waals surface area (Å²) in [6.45, 7) is 0.722. The van der Waals surface area contributed by atoms with E-state index in [-0.39, 0.29) is 18.2 Å². The molecule has 6 nitrogen and oxygen atoms in total. The van der Waals surface area contributed by atoms with Gasteiger partial charge in [0.15, 0.2) is 0 Å². The molecule has 1 N–H and O–H groups in total. The van der Waals surface area contributed by atoms with Gasteiger partial charge in [0.25, 0.3) is 0 Å². The van der Waals surface area contributed by atoms with E-state index in [1.54, 1.807) is 24.4 Å². The average Bonchev–Trinajstić information content (AvgIpc) is 2.86. The van der Waals surface area contributed by atoms with Crippen molar-refractivity contribution in [3.8, 4) is 0 Å². The number of nitrogens with zero attached hydrogens (tertiary/aromatic N) is 2. The molecule has 19 heavy (non-hydrogen) atoms. The summed E-state index contributed by atoms with van der Waals surface area (Å²) < 4.78 is 11.8. The highest BCUT2D eigenvalue weighted by atomic mass is 32.2. The molecule has 1 aromatic rings. The Hall–Kier alpha value is -1.60. The zero-order valence-corrected chi connectivity index (χ0v) is 11.2. The fourth-order valence-electron chi connectivity index (χ4n) is 1.80. The molecule has 0 radical (unpaired) electrons. The largest absolute Gasteiger partial charge is 0.610 e. The first-order chi connectivity index (χ1) is 9.18. The summed E-state index contributed by atoms with van der Waals surface area (Å²) in [4.78, 5) is 28.2. The fourth-order valence-corrected chi connectivity index (χ4v) is 2.70. The predicted octanol–water partition coefficient (Wildman–Crippen LogP) is 0.521. The Kier molecular flexibility index (Phi) is 4.75. The Morgan fingerprint density at radius 2 is 2.37 bits per heavy atom. The van der Waals surface area contributed by atoms with Gasteiger partial charge in [-0.05, 0) is 12.5 Å². The van der Waals surface area contributed by atoms with Crippen molar-refractivity contribution in [3.05, 3.63) is 24.4 Å². The van der Waals surface area contributed by atoms with Crippen molar-refractivity contribution in [2.45, 2.75) is 17.9 Å². The zero-order valence-electron chi connectivity index (χ0n) is 10.4. The third-order valence-electron chi connectivity index (χ3n) is 2.75. The van der Waals surface area contributed by atoms with Crippen LogP contribution in [-0.4, -0.2) is 45.2 Å². The lowest BCUT2D eigenvalue weighted by Gasteiger charge is -2.15. The van der Waals surface area contributed by atoms with E-state index in [0.717, 1.165) is 0 Å². The van der Waals surface area contributed by atoms with Crippen LogP contribution in [0.3, 0.4) is 0 Å². The molecule has 3 amide bonds. The molecule has 2 rings (SSSR count). The summed E-state index contributed by atoms with van der Waals surface area (Å²) in [5.74, 6) is 0.133. The molecule has 7 heteroatoms. The molecule has 1 unspecified atom stereocenters. The zero-order chi connectivity index (χ0) is 13.7.